The second-order valence-electron chi connectivity index (χ2n) is 16.7. The van der Waals surface area contributed by atoms with Crippen molar-refractivity contribution < 1.29 is 32.8 Å². The highest BCUT2D eigenvalue weighted by atomic mass is 31.2. The number of rotatable bonds is 48. The minimum absolute atomic E-state index is 0.0918. The molecule has 8 nitrogen and oxygen atoms in total. The summed E-state index contributed by atoms with van der Waals surface area (Å²) in [5, 5.41) is 0. The van der Waals surface area contributed by atoms with Crippen LogP contribution in [0.5, 0.6) is 0 Å². The van der Waals surface area contributed by atoms with Crippen LogP contribution in [-0.4, -0.2) is 49.9 Å². The largest absolute Gasteiger partial charge is 0.472 e. The highest BCUT2D eigenvalue weighted by Gasteiger charge is 2.25. The van der Waals surface area contributed by atoms with Crippen LogP contribution in [0.3, 0.4) is 0 Å². The molecule has 0 aromatic heterocycles. The maximum Gasteiger partial charge on any atom is 0.472 e. The SMILES string of the molecule is CCCCCCCCCC/C=C\CCCCCCCCCCCCCC(=O)OC(COCCCCCCCCCCCCCCCCC)COP(=O)(O)OCCN. The highest BCUT2D eigenvalue weighted by molar-refractivity contribution is 7.47. The molecule has 0 aliphatic rings. The summed E-state index contributed by atoms with van der Waals surface area (Å²) >= 11 is 0. The van der Waals surface area contributed by atoms with Crippen molar-refractivity contribution in [1.29, 1.82) is 0 Å². The van der Waals surface area contributed by atoms with Crippen molar-refractivity contribution in [3.8, 4) is 0 Å². The molecule has 9 heteroatoms. The number of hydrogen-bond acceptors (Lipinski definition) is 7. The molecule has 2 unspecified atom stereocenters. The molecule has 0 heterocycles. The molecule has 0 aromatic rings. The molecule has 0 saturated carbocycles. The fourth-order valence-corrected chi connectivity index (χ4v) is 8.05. The first-order chi connectivity index (χ1) is 27.9. The Hall–Kier alpha value is -0.760. The zero-order valence-electron chi connectivity index (χ0n) is 37.9. The van der Waals surface area contributed by atoms with Gasteiger partial charge in [-0.15, -0.1) is 0 Å². The third kappa shape index (κ3) is 46.2. The molecule has 0 bridgehead atoms. The van der Waals surface area contributed by atoms with Gasteiger partial charge in [0.2, 0.25) is 0 Å². The van der Waals surface area contributed by atoms with Gasteiger partial charge in [0.05, 0.1) is 19.8 Å². The van der Waals surface area contributed by atoms with E-state index < -0.39 is 13.9 Å². The van der Waals surface area contributed by atoms with E-state index in [1.807, 2.05) is 0 Å². The Morgan fingerprint density at radius 2 is 0.877 bits per heavy atom. The van der Waals surface area contributed by atoms with E-state index in [2.05, 4.69) is 26.0 Å². The van der Waals surface area contributed by atoms with Crippen molar-refractivity contribution in [2.75, 3.05) is 33.0 Å². The molecule has 0 fully saturated rings. The molecule has 0 spiro atoms. The van der Waals surface area contributed by atoms with E-state index in [4.69, 9.17) is 24.3 Å². The zero-order chi connectivity index (χ0) is 41.6. The fourth-order valence-electron chi connectivity index (χ4n) is 7.29. The van der Waals surface area contributed by atoms with Crippen molar-refractivity contribution >= 4 is 13.8 Å². The smallest absolute Gasteiger partial charge is 0.457 e. The first kappa shape index (κ1) is 56.2. The van der Waals surface area contributed by atoms with Crippen LogP contribution in [0.25, 0.3) is 0 Å². The number of nitrogens with two attached hydrogens (primary N) is 1. The van der Waals surface area contributed by atoms with Gasteiger partial charge in [0.1, 0.15) is 6.10 Å². The number of hydrogen-bond donors (Lipinski definition) is 2. The van der Waals surface area contributed by atoms with Gasteiger partial charge in [-0.05, 0) is 38.5 Å². The Kier molecular flexibility index (Phi) is 45.7. The molecule has 0 aromatic carbocycles. The maximum absolute atomic E-state index is 12.6. The number of phosphoric acid groups is 1. The number of carbonyl (C=O) groups excluding carboxylic acids is 1. The molecule has 0 aliphatic heterocycles. The monoisotopic (exact) mass is 830 g/mol. The normalized spacial score (nSPS) is 13.4. The van der Waals surface area contributed by atoms with Crippen molar-refractivity contribution in [1.82, 2.24) is 0 Å². The van der Waals surface area contributed by atoms with Crippen molar-refractivity contribution in [3.63, 3.8) is 0 Å². The number of phosphoric ester groups is 1. The summed E-state index contributed by atoms with van der Waals surface area (Å²) in [6.07, 6.45) is 51.0. The summed E-state index contributed by atoms with van der Waals surface area (Å²) in [6.45, 7) is 4.98. The van der Waals surface area contributed by atoms with Crippen LogP contribution >= 0.6 is 7.82 Å². The van der Waals surface area contributed by atoms with Crippen LogP contribution in [0.4, 0.5) is 0 Å². The lowest BCUT2D eigenvalue weighted by Crippen LogP contribution is -2.28. The molecule has 0 aliphatic carbocycles. The van der Waals surface area contributed by atoms with E-state index in [0.717, 1.165) is 32.1 Å². The molecule has 0 rings (SSSR count). The van der Waals surface area contributed by atoms with Crippen LogP contribution in [0.15, 0.2) is 12.2 Å². The minimum atomic E-state index is -4.27. The molecular formula is C48H96NO7P. The summed E-state index contributed by atoms with van der Waals surface area (Å²) in [5.41, 5.74) is 5.38. The Morgan fingerprint density at radius 1 is 0.509 bits per heavy atom. The van der Waals surface area contributed by atoms with Gasteiger partial charge < -0.3 is 20.1 Å². The summed E-state index contributed by atoms with van der Waals surface area (Å²) < 4.78 is 33.5. The fraction of sp³-hybridized carbons (Fsp3) is 0.938. The lowest BCUT2D eigenvalue weighted by Gasteiger charge is -2.20. The molecule has 340 valence electrons. The van der Waals surface area contributed by atoms with E-state index in [0.29, 0.717) is 13.0 Å². The van der Waals surface area contributed by atoms with Crippen molar-refractivity contribution in [2.45, 2.75) is 258 Å². The first-order valence-electron chi connectivity index (χ1n) is 24.7. The number of allylic oxidation sites excluding steroid dienone is 2. The average Bonchev–Trinajstić information content (AvgIpc) is 3.20. The standard InChI is InChI=1S/C48H96NO7P/c1-3-5-7-9-11-13-15-17-19-20-21-22-23-24-25-26-27-29-31-33-35-37-39-41-48(50)56-47(46-55-57(51,52)54-44-42-49)45-53-43-40-38-36-34-32-30-28-18-16-14-12-10-8-6-4-2/h20-21,47H,3-19,22-46,49H2,1-2H3,(H,51,52)/b21-20-. The van der Waals surface area contributed by atoms with E-state index in [1.165, 1.54) is 199 Å². The van der Waals surface area contributed by atoms with Gasteiger partial charge in [0.25, 0.3) is 0 Å². The molecule has 3 N–H and O–H groups in total. The quantitative estimate of drug-likeness (QED) is 0.0269. The van der Waals surface area contributed by atoms with Gasteiger partial charge in [0.15, 0.2) is 0 Å². The summed E-state index contributed by atoms with van der Waals surface area (Å²) in [6, 6.07) is 0. The third-order valence-corrected chi connectivity index (χ3v) is 11.9. The van der Waals surface area contributed by atoms with E-state index >= 15 is 0 Å². The van der Waals surface area contributed by atoms with Gasteiger partial charge in [-0.3, -0.25) is 13.8 Å². The van der Waals surface area contributed by atoms with Crippen LogP contribution in [-0.2, 0) is 27.9 Å². The van der Waals surface area contributed by atoms with Gasteiger partial charge >= 0.3 is 13.8 Å². The van der Waals surface area contributed by atoms with Crippen LogP contribution in [0, 0.1) is 0 Å². The number of esters is 1. The van der Waals surface area contributed by atoms with Gasteiger partial charge in [-0.1, -0.05) is 219 Å². The predicted molar refractivity (Wildman–Crippen MR) is 243 cm³/mol. The van der Waals surface area contributed by atoms with E-state index in [-0.39, 0.29) is 32.3 Å². The third-order valence-electron chi connectivity index (χ3n) is 10.9. The molecular weight excluding hydrogens is 734 g/mol. The molecule has 57 heavy (non-hydrogen) atoms. The molecule has 0 amide bonds. The molecule has 0 saturated heterocycles. The summed E-state index contributed by atoms with van der Waals surface area (Å²) in [5.74, 6) is -0.325. The lowest BCUT2D eigenvalue weighted by atomic mass is 10.0. The van der Waals surface area contributed by atoms with Crippen LogP contribution in [0.1, 0.15) is 251 Å². The Morgan fingerprint density at radius 3 is 1.28 bits per heavy atom. The van der Waals surface area contributed by atoms with E-state index in [1.54, 1.807) is 0 Å². The Bertz CT molecular complexity index is 889. The number of ether oxygens (including phenoxy) is 2. The second kappa shape index (κ2) is 46.3. The average molecular weight is 830 g/mol. The number of carbonyl (C=O) groups is 1. The predicted octanol–water partition coefficient (Wildman–Crippen LogP) is 15.0. The second-order valence-corrected chi connectivity index (χ2v) is 18.1. The van der Waals surface area contributed by atoms with Crippen LogP contribution < -0.4 is 5.73 Å². The summed E-state index contributed by atoms with van der Waals surface area (Å²) in [7, 11) is -4.27. The number of unbranched alkanes of at least 4 members (excludes halogenated alkanes) is 33. The maximum atomic E-state index is 12.6. The minimum Gasteiger partial charge on any atom is -0.457 e. The van der Waals surface area contributed by atoms with Crippen molar-refractivity contribution in [3.05, 3.63) is 12.2 Å². The van der Waals surface area contributed by atoms with E-state index in [9.17, 15) is 14.3 Å². The van der Waals surface area contributed by atoms with Crippen molar-refractivity contribution in [2.24, 2.45) is 5.73 Å². The highest BCUT2D eigenvalue weighted by Crippen LogP contribution is 2.43. The first-order valence-corrected chi connectivity index (χ1v) is 26.2. The van der Waals surface area contributed by atoms with Crippen LogP contribution in [0.2, 0.25) is 0 Å². The molecule has 2 atom stereocenters. The Balaban J connectivity index is 3.90. The summed E-state index contributed by atoms with van der Waals surface area (Å²) in [4.78, 5) is 22.6. The topological polar surface area (TPSA) is 117 Å². The van der Waals surface area contributed by atoms with Gasteiger partial charge in [0, 0.05) is 19.6 Å². The molecule has 0 radical (unpaired) electrons. The lowest BCUT2D eigenvalue weighted by molar-refractivity contribution is -0.154. The van der Waals surface area contributed by atoms with Gasteiger partial charge in [-0.2, -0.15) is 0 Å². The Labute approximate surface area is 354 Å². The van der Waals surface area contributed by atoms with Gasteiger partial charge in [-0.25, -0.2) is 4.57 Å². The zero-order valence-corrected chi connectivity index (χ0v) is 38.7.